The molecule has 0 aromatic carbocycles. The molecule has 2 aromatic rings. The van der Waals surface area contributed by atoms with Crippen LogP contribution in [0.3, 0.4) is 0 Å². The predicted octanol–water partition coefficient (Wildman–Crippen LogP) is 2.53. The predicted molar refractivity (Wildman–Crippen MR) is 60.9 cm³/mol. The van der Waals surface area contributed by atoms with Gasteiger partial charge in [-0.3, -0.25) is 4.79 Å². The van der Waals surface area contributed by atoms with Gasteiger partial charge in [0, 0.05) is 13.1 Å². The Hall–Kier alpha value is -1.14. The lowest BCUT2D eigenvalue weighted by molar-refractivity contribution is 0.0954. The fourth-order valence-electron chi connectivity index (χ4n) is 1.07. The number of amides is 1. The number of hydrogen-bond acceptors (Lipinski definition) is 4. The normalized spacial score (nSPS) is 10.3. The number of aromatic nitrogens is 1. The molecule has 0 unspecified atom stereocenters. The van der Waals surface area contributed by atoms with E-state index in [2.05, 4.69) is 26.4 Å². The first-order valence-electron chi connectivity index (χ1n) is 4.15. The summed E-state index contributed by atoms with van der Waals surface area (Å²) in [6.45, 7) is 0. The molecule has 0 bridgehead atoms. The van der Waals surface area contributed by atoms with Crippen LogP contribution in [0.5, 0.6) is 0 Å². The van der Waals surface area contributed by atoms with Crippen molar-refractivity contribution in [2.75, 3.05) is 7.05 Å². The summed E-state index contributed by atoms with van der Waals surface area (Å²) in [5.74, 6) is 0.352. The van der Waals surface area contributed by atoms with Gasteiger partial charge in [-0.2, -0.15) is 0 Å². The zero-order chi connectivity index (χ0) is 10.8. The Morgan fingerprint density at radius 2 is 2.40 bits per heavy atom. The van der Waals surface area contributed by atoms with Gasteiger partial charge >= 0.3 is 0 Å². The minimum Gasteiger partial charge on any atom is -0.355 e. The van der Waals surface area contributed by atoms with Crippen LogP contribution in [0.4, 0.5) is 0 Å². The quantitative estimate of drug-likeness (QED) is 0.923. The summed E-state index contributed by atoms with van der Waals surface area (Å²) in [7, 11) is 1.55. The Bertz CT molecular complexity index is 492. The second kappa shape index (κ2) is 4.16. The smallest absolute Gasteiger partial charge is 0.273 e. The van der Waals surface area contributed by atoms with Gasteiger partial charge in [0.2, 0.25) is 0 Å². The molecule has 6 heteroatoms. The van der Waals surface area contributed by atoms with Crippen LogP contribution in [-0.4, -0.2) is 18.1 Å². The molecular weight excluding hydrogens is 280 g/mol. The molecule has 2 aromatic heterocycles. The molecule has 0 radical (unpaired) electrons. The maximum atomic E-state index is 11.2. The second-order valence-corrected chi connectivity index (χ2v) is 5.22. The van der Waals surface area contributed by atoms with Crippen LogP contribution in [-0.2, 0) is 0 Å². The molecule has 1 N–H and O–H groups in total. The highest BCUT2D eigenvalue weighted by atomic mass is 79.9. The van der Waals surface area contributed by atoms with Crippen molar-refractivity contribution in [2.24, 2.45) is 0 Å². The molecule has 2 heterocycles. The lowest BCUT2D eigenvalue weighted by atomic mass is 10.3. The monoisotopic (exact) mass is 286 g/mol. The average molecular weight is 287 g/mol. The Balaban J connectivity index is 2.31. The molecule has 78 valence electrons. The number of halogens is 1. The third kappa shape index (κ3) is 2.10. The van der Waals surface area contributed by atoms with E-state index in [1.807, 2.05) is 12.1 Å². The Morgan fingerprint density at radius 1 is 1.60 bits per heavy atom. The molecule has 15 heavy (non-hydrogen) atoms. The molecule has 0 aliphatic heterocycles. The summed E-state index contributed by atoms with van der Waals surface area (Å²) in [5, 5.41) is 6.16. The maximum Gasteiger partial charge on any atom is 0.273 e. The summed E-state index contributed by atoms with van der Waals surface area (Å²) in [5.41, 5.74) is 0.289. The van der Waals surface area contributed by atoms with Gasteiger partial charge in [0.05, 0.1) is 8.66 Å². The van der Waals surface area contributed by atoms with E-state index in [-0.39, 0.29) is 11.6 Å². The van der Waals surface area contributed by atoms with Crippen molar-refractivity contribution in [3.05, 3.63) is 27.7 Å². The number of hydrogen-bond donors (Lipinski definition) is 1. The second-order valence-electron chi connectivity index (χ2n) is 2.76. The lowest BCUT2D eigenvalue weighted by Gasteiger charge is -1.88. The van der Waals surface area contributed by atoms with Gasteiger partial charge in [0.25, 0.3) is 5.91 Å². The van der Waals surface area contributed by atoms with Gasteiger partial charge in [-0.15, -0.1) is 11.3 Å². The van der Waals surface area contributed by atoms with Gasteiger partial charge in [0.1, 0.15) is 0 Å². The number of carbonyl (C=O) groups excluding carboxylic acids is 1. The SMILES string of the molecule is CNC(=O)c1cc(-c2ccc(Br)s2)on1. The van der Waals surface area contributed by atoms with Crippen LogP contribution in [0.15, 0.2) is 26.5 Å². The summed E-state index contributed by atoms with van der Waals surface area (Å²) in [6, 6.07) is 5.45. The summed E-state index contributed by atoms with van der Waals surface area (Å²) >= 11 is 4.88. The van der Waals surface area contributed by atoms with Crippen LogP contribution < -0.4 is 5.32 Å². The van der Waals surface area contributed by atoms with Crippen molar-refractivity contribution >= 4 is 33.2 Å². The van der Waals surface area contributed by atoms with Gasteiger partial charge in [0.15, 0.2) is 11.5 Å². The van der Waals surface area contributed by atoms with Gasteiger partial charge in [-0.1, -0.05) is 5.16 Å². The van der Waals surface area contributed by atoms with Crippen LogP contribution in [0.1, 0.15) is 10.5 Å². The fourth-order valence-corrected chi connectivity index (χ4v) is 2.41. The first-order valence-corrected chi connectivity index (χ1v) is 5.76. The highest BCUT2D eigenvalue weighted by Gasteiger charge is 2.13. The molecule has 2 rings (SSSR count). The van der Waals surface area contributed by atoms with E-state index in [0.29, 0.717) is 5.76 Å². The van der Waals surface area contributed by atoms with Crippen LogP contribution in [0.25, 0.3) is 10.6 Å². The third-order valence-electron chi connectivity index (χ3n) is 1.79. The maximum absolute atomic E-state index is 11.2. The summed E-state index contributed by atoms with van der Waals surface area (Å²) in [6.07, 6.45) is 0. The van der Waals surface area contributed by atoms with Crippen molar-refractivity contribution in [3.63, 3.8) is 0 Å². The summed E-state index contributed by atoms with van der Waals surface area (Å²) < 4.78 is 6.08. The number of nitrogens with one attached hydrogen (secondary N) is 1. The summed E-state index contributed by atoms with van der Waals surface area (Å²) in [4.78, 5) is 12.2. The van der Waals surface area contributed by atoms with E-state index in [0.717, 1.165) is 8.66 Å². The molecule has 0 saturated heterocycles. The zero-order valence-electron chi connectivity index (χ0n) is 7.78. The molecule has 1 amide bonds. The molecule has 0 atom stereocenters. The molecule has 0 aliphatic rings. The van der Waals surface area contributed by atoms with E-state index in [9.17, 15) is 4.79 Å². The van der Waals surface area contributed by atoms with E-state index >= 15 is 0 Å². The topological polar surface area (TPSA) is 55.1 Å². The number of thiophene rings is 1. The van der Waals surface area contributed by atoms with Crippen LogP contribution in [0, 0.1) is 0 Å². The highest BCUT2D eigenvalue weighted by molar-refractivity contribution is 9.11. The van der Waals surface area contributed by atoms with E-state index in [1.54, 1.807) is 13.1 Å². The van der Waals surface area contributed by atoms with Gasteiger partial charge < -0.3 is 9.84 Å². The van der Waals surface area contributed by atoms with Crippen LogP contribution >= 0.6 is 27.3 Å². The Labute approximate surface area is 98.4 Å². The van der Waals surface area contributed by atoms with Gasteiger partial charge in [-0.25, -0.2) is 0 Å². The van der Waals surface area contributed by atoms with E-state index < -0.39 is 0 Å². The van der Waals surface area contributed by atoms with Crippen molar-refractivity contribution in [3.8, 4) is 10.6 Å². The van der Waals surface area contributed by atoms with E-state index in [4.69, 9.17) is 4.52 Å². The van der Waals surface area contributed by atoms with Crippen LogP contribution in [0.2, 0.25) is 0 Å². The third-order valence-corrected chi connectivity index (χ3v) is 3.42. The first-order chi connectivity index (χ1) is 7.20. The van der Waals surface area contributed by atoms with Crippen molar-refractivity contribution < 1.29 is 9.32 Å². The van der Waals surface area contributed by atoms with E-state index in [1.165, 1.54) is 11.3 Å². The fraction of sp³-hybridized carbons (Fsp3) is 0.111. The number of carbonyl (C=O) groups is 1. The zero-order valence-corrected chi connectivity index (χ0v) is 10.2. The standard InChI is InChI=1S/C9H7BrN2O2S/c1-11-9(13)5-4-6(14-12-5)7-2-3-8(10)15-7/h2-4H,1H3,(H,11,13). The molecule has 0 fully saturated rings. The molecule has 0 spiro atoms. The van der Waals surface area contributed by atoms with Crippen molar-refractivity contribution in [1.82, 2.24) is 10.5 Å². The molecule has 4 nitrogen and oxygen atoms in total. The van der Waals surface area contributed by atoms with Crippen molar-refractivity contribution in [2.45, 2.75) is 0 Å². The minimum absolute atomic E-state index is 0.249. The number of rotatable bonds is 2. The number of nitrogens with zero attached hydrogens (tertiary/aromatic N) is 1. The minimum atomic E-state index is -0.249. The molecule has 0 aliphatic carbocycles. The first kappa shape index (κ1) is 10.4. The Morgan fingerprint density at radius 3 is 3.00 bits per heavy atom. The molecule has 0 saturated carbocycles. The lowest BCUT2D eigenvalue weighted by Crippen LogP contribution is -2.17. The average Bonchev–Trinajstić information content (AvgIpc) is 2.84. The largest absolute Gasteiger partial charge is 0.355 e. The molecular formula is C9H7BrN2O2S. The van der Waals surface area contributed by atoms with Gasteiger partial charge in [-0.05, 0) is 28.1 Å². The Kier molecular flexibility index (Phi) is 2.88. The van der Waals surface area contributed by atoms with Crippen molar-refractivity contribution in [1.29, 1.82) is 0 Å². The highest BCUT2D eigenvalue weighted by Crippen LogP contribution is 2.31.